The van der Waals surface area contributed by atoms with Crippen molar-refractivity contribution in [3.8, 4) is 11.5 Å². The maximum absolute atomic E-state index is 13.5. The van der Waals surface area contributed by atoms with Gasteiger partial charge in [0.1, 0.15) is 11.5 Å². The molecule has 15 heteroatoms. The highest BCUT2D eigenvalue weighted by Gasteiger charge is 2.37. The number of carbonyl (C=O) groups is 2. The molecule has 4 aromatic rings. The highest BCUT2D eigenvalue weighted by molar-refractivity contribution is 7.46. The highest BCUT2D eigenvalue weighted by Crippen LogP contribution is 2.49. The third-order valence-electron chi connectivity index (χ3n) is 8.16. The Morgan fingerprint density at radius 1 is 0.822 bits per heavy atom. The number of carbonyl (C=O) groups excluding carboxylic acids is 2. The molecule has 3 atom stereocenters. The molecule has 2 aliphatic rings. The average Bonchev–Trinajstić information content (AvgIpc) is 3.59. The molecule has 4 N–H and O–H groups in total. The summed E-state index contributed by atoms with van der Waals surface area (Å²) in [5, 5.41) is 5.84. The largest absolute Gasteiger partial charge is 0.524 e. The SMILES string of the molecule is O=C(CNCC(=O)N1C[C@@H](CCl)c2c1cc(OP(=O)(O)O)c1ccccc21)N1C[C@@H](CCl)c2c1cc(OPO)c1ccccc21. The molecule has 0 aliphatic carbocycles. The van der Waals surface area contributed by atoms with Gasteiger partial charge < -0.3 is 23.7 Å². The Morgan fingerprint density at radius 3 is 1.71 bits per heavy atom. The van der Waals surface area contributed by atoms with Crippen LogP contribution in [-0.2, 0) is 14.2 Å². The molecule has 0 aromatic heterocycles. The topological polar surface area (TPSA) is 149 Å². The summed E-state index contributed by atoms with van der Waals surface area (Å²) in [6.45, 7) is 0.289. The summed E-state index contributed by atoms with van der Waals surface area (Å²) in [5.74, 6) is -0.0265. The minimum atomic E-state index is -4.89. The van der Waals surface area contributed by atoms with Crippen molar-refractivity contribution in [3.63, 3.8) is 0 Å². The van der Waals surface area contributed by atoms with Crippen molar-refractivity contribution < 1.29 is 37.9 Å². The number of nitrogens with zero attached hydrogens (tertiary/aromatic N) is 2. The van der Waals surface area contributed by atoms with Crippen LogP contribution in [0.15, 0.2) is 60.7 Å². The summed E-state index contributed by atoms with van der Waals surface area (Å²) in [5.41, 5.74) is 2.81. The number of benzene rings is 4. The number of anilines is 2. The molecule has 2 aliphatic heterocycles. The predicted molar refractivity (Wildman–Crippen MR) is 176 cm³/mol. The zero-order chi connectivity index (χ0) is 31.9. The Balaban J connectivity index is 1.22. The number of halogens is 2. The monoisotopic (exact) mass is 691 g/mol. The molecule has 6 rings (SSSR count). The number of amides is 2. The molecule has 236 valence electrons. The van der Waals surface area contributed by atoms with E-state index < -0.39 is 16.9 Å². The number of fused-ring (bicyclic) bond motifs is 6. The lowest BCUT2D eigenvalue weighted by molar-refractivity contribution is -0.118. The van der Waals surface area contributed by atoms with Crippen LogP contribution in [0, 0.1) is 0 Å². The molecule has 2 amide bonds. The number of hydrogen-bond donors (Lipinski definition) is 4. The van der Waals surface area contributed by atoms with E-state index in [1.54, 1.807) is 35.2 Å². The number of phosphoric acid groups is 1. The van der Waals surface area contributed by atoms with Crippen LogP contribution in [0.1, 0.15) is 23.0 Å². The van der Waals surface area contributed by atoms with Gasteiger partial charge in [-0.25, -0.2) is 4.57 Å². The fraction of sp³-hybridized carbons (Fsp3) is 0.267. The van der Waals surface area contributed by atoms with Crippen molar-refractivity contribution in [2.24, 2.45) is 0 Å². The molecule has 0 fully saturated rings. The van der Waals surface area contributed by atoms with E-state index in [0.29, 0.717) is 40.3 Å². The van der Waals surface area contributed by atoms with Crippen molar-refractivity contribution in [1.29, 1.82) is 0 Å². The van der Waals surface area contributed by atoms with E-state index in [9.17, 15) is 28.8 Å². The van der Waals surface area contributed by atoms with Crippen LogP contribution in [-0.4, -0.2) is 64.4 Å². The number of rotatable bonds is 10. The molecule has 0 saturated heterocycles. The Labute approximate surface area is 270 Å². The maximum Gasteiger partial charge on any atom is 0.524 e. The predicted octanol–water partition coefficient (Wildman–Crippen LogP) is 4.97. The molecule has 0 saturated carbocycles. The van der Waals surface area contributed by atoms with Crippen LogP contribution in [0.2, 0.25) is 0 Å². The average molecular weight is 692 g/mol. The number of alkyl halides is 2. The quantitative estimate of drug-likeness (QED) is 0.134. The van der Waals surface area contributed by atoms with Crippen LogP contribution in [0.3, 0.4) is 0 Å². The summed E-state index contributed by atoms with van der Waals surface area (Å²) in [6, 6.07) is 17.8. The van der Waals surface area contributed by atoms with E-state index in [1.165, 1.54) is 11.0 Å². The molecular weight excluding hydrogens is 663 g/mol. The first-order valence-corrected chi connectivity index (χ1v) is 17.5. The van der Waals surface area contributed by atoms with E-state index in [0.717, 1.165) is 21.9 Å². The summed E-state index contributed by atoms with van der Waals surface area (Å²) in [4.78, 5) is 58.6. The lowest BCUT2D eigenvalue weighted by atomic mass is 9.95. The summed E-state index contributed by atoms with van der Waals surface area (Å²) in [6.07, 6.45) is 0. The van der Waals surface area contributed by atoms with E-state index in [4.69, 9.17) is 32.2 Å². The Hall–Kier alpha value is -2.98. The molecule has 0 bridgehead atoms. The van der Waals surface area contributed by atoms with Gasteiger partial charge in [0.05, 0.1) is 24.5 Å². The van der Waals surface area contributed by atoms with Crippen molar-refractivity contribution in [1.82, 2.24) is 5.32 Å². The van der Waals surface area contributed by atoms with Crippen molar-refractivity contribution in [3.05, 3.63) is 71.8 Å². The molecule has 11 nitrogen and oxygen atoms in total. The maximum atomic E-state index is 13.5. The lowest BCUT2D eigenvalue weighted by Crippen LogP contribution is -2.43. The van der Waals surface area contributed by atoms with Gasteiger partial charge in [-0.15, -0.1) is 23.2 Å². The number of phosphoric ester groups is 1. The smallest absolute Gasteiger partial charge is 0.449 e. The Kier molecular flexibility index (Phi) is 9.26. The van der Waals surface area contributed by atoms with Crippen LogP contribution in [0.25, 0.3) is 21.5 Å². The molecule has 0 spiro atoms. The number of hydrogen-bond acceptors (Lipinski definition) is 7. The third kappa shape index (κ3) is 6.12. The summed E-state index contributed by atoms with van der Waals surface area (Å²) in [7, 11) is -5.65. The molecule has 0 radical (unpaired) electrons. The van der Waals surface area contributed by atoms with Gasteiger partial charge in [-0.2, -0.15) is 0 Å². The minimum absolute atomic E-state index is 0.0482. The fourth-order valence-corrected chi connectivity index (χ4v) is 7.53. The number of nitrogens with one attached hydrogen (secondary N) is 1. The fourth-order valence-electron chi connectivity index (χ4n) is 6.35. The zero-order valence-electron chi connectivity index (χ0n) is 23.7. The summed E-state index contributed by atoms with van der Waals surface area (Å²) < 4.78 is 22.2. The van der Waals surface area contributed by atoms with Crippen molar-refractivity contribution >= 4 is 84.8 Å². The molecule has 2 heterocycles. The standard InChI is InChI=1S/C30H29Cl2N3O8P2/c31-11-17-15-34(23-9-25(42-44-38)19-5-1-3-7-21(19)29(17)23)27(36)13-33-14-28(37)35-16-18(12-32)30-22-8-4-2-6-20(22)26(10-24(30)35)43-45(39,40)41/h1-10,17-18,33,38,44H,11-16H2,(H2,39,40,41)/t17-,18-/m1/s1. The minimum Gasteiger partial charge on any atom is -0.449 e. The van der Waals surface area contributed by atoms with Gasteiger partial charge in [0.15, 0.2) is 0 Å². The molecule has 1 unspecified atom stereocenters. The second-order valence-corrected chi connectivity index (χ2v) is 13.0. The molecule has 4 aromatic carbocycles. The highest BCUT2D eigenvalue weighted by atomic mass is 35.5. The van der Waals surface area contributed by atoms with Crippen LogP contribution in [0.4, 0.5) is 11.4 Å². The zero-order valence-corrected chi connectivity index (χ0v) is 27.1. The van der Waals surface area contributed by atoms with Gasteiger partial charge in [-0.1, -0.05) is 48.5 Å². The third-order valence-corrected chi connectivity index (χ3v) is 9.65. The van der Waals surface area contributed by atoms with Gasteiger partial charge in [0.25, 0.3) is 0 Å². The van der Waals surface area contributed by atoms with E-state index in [2.05, 4.69) is 5.32 Å². The lowest BCUT2D eigenvalue weighted by Gasteiger charge is -2.21. The first-order valence-electron chi connectivity index (χ1n) is 14.0. The van der Waals surface area contributed by atoms with Gasteiger partial charge >= 0.3 is 7.82 Å². The molecular formula is C30H29Cl2N3O8P2. The van der Waals surface area contributed by atoms with Gasteiger partial charge in [-0.05, 0) is 21.9 Å². The second kappa shape index (κ2) is 13.0. The Morgan fingerprint density at radius 2 is 1.27 bits per heavy atom. The van der Waals surface area contributed by atoms with Gasteiger partial charge in [0.2, 0.25) is 20.8 Å². The second-order valence-electron chi connectivity index (χ2n) is 10.8. The van der Waals surface area contributed by atoms with E-state index in [-0.39, 0.29) is 54.9 Å². The van der Waals surface area contributed by atoms with Crippen molar-refractivity contribution in [2.75, 3.05) is 47.7 Å². The first-order chi connectivity index (χ1) is 21.6. The Bertz CT molecular complexity index is 1860. The first kappa shape index (κ1) is 32.0. The van der Waals surface area contributed by atoms with Gasteiger partial charge in [0, 0.05) is 59.6 Å². The van der Waals surface area contributed by atoms with Crippen LogP contribution in [0.5, 0.6) is 11.5 Å². The van der Waals surface area contributed by atoms with Crippen LogP contribution >= 0.6 is 40.1 Å². The van der Waals surface area contributed by atoms with E-state index >= 15 is 0 Å². The van der Waals surface area contributed by atoms with E-state index in [1.807, 2.05) is 24.3 Å². The van der Waals surface area contributed by atoms with Crippen LogP contribution < -0.4 is 24.2 Å². The molecule has 45 heavy (non-hydrogen) atoms. The normalized spacial score (nSPS) is 17.8. The van der Waals surface area contributed by atoms with Gasteiger partial charge in [-0.3, -0.25) is 24.7 Å². The van der Waals surface area contributed by atoms with Crippen molar-refractivity contribution in [2.45, 2.75) is 11.8 Å². The summed E-state index contributed by atoms with van der Waals surface area (Å²) >= 11 is 12.6.